The molecule has 0 saturated heterocycles. The summed E-state index contributed by atoms with van der Waals surface area (Å²) < 4.78 is 18.5. The number of unbranched alkanes of at least 4 members (excludes halogenated alkanes) is 1. The first-order valence-corrected chi connectivity index (χ1v) is 5.30. The predicted molar refractivity (Wildman–Crippen MR) is 60.8 cm³/mol. The Morgan fingerprint density at radius 2 is 2.25 bits per heavy atom. The minimum absolute atomic E-state index is 0.245. The van der Waals surface area contributed by atoms with Gasteiger partial charge < -0.3 is 9.84 Å². The van der Waals surface area contributed by atoms with E-state index in [-0.39, 0.29) is 12.4 Å². The van der Waals surface area contributed by atoms with Gasteiger partial charge in [-0.3, -0.25) is 0 Å². The Bertz CT molecular complexity index is 391. The van der Waals surface area contributed by atoms with Crippen molar-refractivity contribution in [2.45, 2.75) is 19.8 Å². The summed E-state index contributed by atoms with van der Waals surface area (Å²) in [5, 5.41) is 8.59. The van der Waals surface area contributed by atoms with Crippen LogP contribution in [0.5, 0.6) is 5.75 Å². The second-order valence-electron chi connectivity index (χ2n) is 3.30. The summed E-state index contributed by atoms with van der Waals surface area (Å²) in [6.07, 6.45) is 1.99. The van der Waals surface area contributed by atoms with E-state index in [9.17, 15) is 4.39 Å². The van der Waals surface area contributed by atoms with Gasteiger partial charge in [-0.25, -0.2) is 4.39 Å². The first kappa shape index (κ1) is 12.5. The third-order valence-corrected chi connectivity index (χ3v) is 2.00. The summed E-state index contributed by atoms with van der Waals surface area (Å²) in [5.41, 5.74) is 0.477. The number of rotatable bonds is 4. The lowest BCUT2D eigenvalue weighted by molar-refractivity contribution is 0.308. The van der Waals surface area contributed by atoms with Gasteiger partial charge in [0.2, 0.25) is 0 Å². The molecule has 0 aliphatic heterocycles. The van der Waals surface area contributed by atoms with Crippen molar-refractivity contribution in [1.82, 2.24) is 0 Å². The van der Waals surface area contributed by atoms with E-state index in [1.807, 2.05) is 0 Å². The fraction of sp³-hybridized carbons (Fsp3) is 0.385. The van der Waals surface area contributed by atoms with Gasteiger partial charge in [0.05, 0.1) is 12.2 Å². The Morgan fingerprint density at radius 3 is 2.94 bits per heavy atom. The molecule has 1 aromatic rings. The quantitative estimate of drug-likeness (QED) is 0.626. The third-order valence-electron chi connectivity index (χ3n) is 2.00. The van der Waals surface area contributed by atoms with E-state index in [1.165, 1.54) is 12.1 Å². The fourth-order valence-electron chi connectivity index (χ4n) is 1.19. The lowest BCUT2D eigenvalue weighted by Gasteiger charge is -2.07. The molecule has 3 heteroatoms. The maximum Gasteiger partial charge on any atom is 0.135 e. The highest BCUT2D eigenvalue weighted by Crippen LogP contribution is 2.19. The van der Waals surface area contributed by atoms with Crippen molar-refractivity contribution in [1.29, 1.82) is 0 Å². The van der Waals surface area contributed by atoms with Crippen molar-refractivity contribution in [2.75, 3.05) is 13.2 Å². The number of aliphatic hydroxyl groups excluding tert-OH is 1. The molecule has 2 nitrogen and oxygen atoms in total. The summed E-state index contributed by atoms with van der Waals surface area (Å²) in [6, 6.07) is 4.21. The average molecular weight is 222 g/mol. The Hall–Kier alpha value is -1.53. The summed E-state index contributed by atoms with van der Waals surface area (Å²) in [7, 11) is 0. The van der Waals surface area contributed by atoms with Crippen LogP contribution in [0.15, 0.2) is 18.2 Å². The first-order valence-electron chi connectivity index (χ1n) is 5.30. The Labute approximate surface area is 95.1 Å². The molecule has 1 N–H and O–H groups in total. The molecule has 1 aromatic carbocycles. The standard InChI is InChI=1S/C13H15FO2/c1-2-3-9-16-13-7-6-12(14)10-11(13)5-4-8-15/h6-7,10,15H,2-3,8-9H2,1H3. The number of halogens is 1. The maximum absolute atomic E-state index is 13.0. The molecular weight excluding hydrogens is 207 g/mol. The molecule has 0 saturated carbocycles. The van der Waals surface area contributed by atoms with Crippen LogP contribution in [0.3, 0.4) is 0 Å². The lowest BCUT2D eigenvalue weighted by atomic mass is 10.2. The molecule has 0 fully saturated rings. The molecule has 0 aliphatic rings. The maximum atomic E-state index is 13.0. The van der Waals surface area contributed by atoms with Crippen LogP contribution < -0.4 is 4.74 Å². The van der Waals surface area contributed by atoms with Gasteiger partial charge in [0.15, 0.2) is 0 Å². The smallest absolute Gasteiger partial charge is 0.135 e. The Morgan fingerprint density at radius 1 is 1.44 bits per heavy atom. The molecule has 16 heavy (non-hydrogen) atoms. The summed E-state index contributed by atoms with van der Waals surface area (Å²) >= 11 is 0. The third kappa shape index (κ3) is 3.92. The fourth-order valence-corrected chi connectivity index (χ4v) is 1.19. The molecule has 0 atom stereocenters. The Kier molecular flexibility index (Phi) is 5.38. The molecule has 0 spiro atoms. The molecular formula is C13H15FO2. The van der Waals surface area contributed by atoms with Crippen molar-refractivity contribution in [2.24, 2.45) is 0 Å². The molecule has 0 aromatic heterocycles. The van der Waals surface area contributed by atoms with Gasteiger partial charge in [0, 0.05) is 0 Å². The van der Waals surface area contributed by atoms with Gasteiger partial charge in [-0.1, -0.05) is 25.2 Å². The van der Waals surface area contributed by atoms with Crippen LogP contribution in [0.25, 0.3) is 0 Å². The molecule has 0 heterocycles. The number of ether oxygens (including phenoxy) is 1. The zero-order valence-electron chi connectivity index (χ0n) is 9.29. The van der Waals surface area contributed by atoms with E-state index in [4.69, 9.17) is 9.84 Å². The zero-order chi connectivity index (χ0) is 11.8. The summed E-state index contributed by atoms with van der Waals surface area (Å²) in [4.78, 5) is 0. The second kappa shape index (κ2) is 6.86. The number of aliphatic hydroxyl groups is 1. The normalized spacial score (nSPS) is 9.44. The summed E-state index contributed by atoms with van der Waals surface area (Å²) in [5.74, 6) is 5.36. The highest BCUT2D eigenvalue weighted by atomic mass is 19.1. The Balaban J connectivity index is 2.80. The predicted octanol–water partition coefficient (Wildman–Crippen LogP) is 2.35. The number of hydrogen-bond donors (Lipinski definition) is 1. The van der Waals surface area contributed by atoms with Crippen LogP contribution in [0, 0.1) is 17.7 Å². The van der Waals surface area contributed by atoms with Crippen molar-refractivity contribution >= 4 is 0 Å². The van der Waals surface area contributed by atoms with Gasteiger partial charge in [0.25, 0.3) is 0 Å². The summed E-state index contributed by atoms with van der Waals surface area (Å²) in [6.45, 7) is 2.42. The van der Waals surface area contributed by atoms with Gasteiger partial charge in [-0.15, -0.1) is 0 Å². The topological polar surface area (TPSA) is 29.5 Å². The van der Waals surface area contributed by atoms with E-state index in [1.54, 1.807) is 6.07 Å². The minimum Gasteiger partial charge on any atom is -0.492 e. The first-order chi connectivity index (χ1) is 7.77. The highest BCUT2D eigenvalue weighted by Gasteiger charge is 2.02. The van der Waals surface area contributed by atoms with Crippen LogP contribution in [0.2, 0.25) is 0 Å². The molecule has 86 valence electrons. The molecule has 1 rings (SSSR count). The molecule has 0 radical (unpaired) electrons. The SMILES string of the molecule is CCCCOc1ccc(F)cc1C#CCO. The van der Waals surface area contributed by atoms with Crippen LogP contribution in [-0.4, -0.2) is 18.3 Å². The van der Waals surface area contributed by atoms with Crippen molar-refractivity contribution < 1.29 is 14.2 Å². The van der Waals surface area contributed by atoms with E-state index >= 15 is 0 Å². The van der Waals surface area contributed by atoms with Crippen molar-refractivity contribution in [3.8, 4) is 17.6 Å². The highest BCUT2D eigenvalue weighted by molar-refractivity contribution is 5.46. The van der Waals surface area contributed by atoms with Gasteiger partial charge in [-0.05, 0) is 24.6 Å². The van der Waals surface area contributed by atoms with Crippen LogP contribution >= 0.6 is 0 Å². The lowest BCUT2D eigenvalue weighted by Crippen LogP contribution is -1.98. The van der Waals surface area contributed by atoms with E-state index in [2.05, 4.69) is 18.8 Å². The van der Waals surface area contributed by atoms with Crippen LogP contribution in [0.1, 0.15) is 25.3 Å². The zero-order valence-corrected chi connectivity index (χ0v) is 9.29. The second-order valence-corrected chi connectivity index (χ2v) is 3.30. The van der Waals surface area contributed by atoms with E-state index in [0.717, 1.165) is 12.8 Å². The number of benzene rings is 1. The van der Waals surface area contributed by atoms with Gasteiger partial charge in [-0.2, -0.15) is 0 Å². The minimum atomic E-state index is -0.356. The average Bonchev–Trinajstić information content (AvgIpc) is 2.29. The van der Waals surface area contributed by atoms with Crippen LogP contribution in [-0.2, 0) is 0 Å². The van der Waals surface area contributed by atoms with Gasteiger partial charge >= 0.3 is 0 Å². The molecule has 0 aliphatic carbocycles. The van der Waals surface area contributed by atoms with Crippen LogP contribution in [0.4, 0.5) is 4.39 Å². The van der Waals surface area contributed by atoms with Crippen molar-refractivity contribution in [3.63, 3.8) is 0 Å². The van der Waals surface area contributed by atoms with Crippen molar-refractivity contribution in [3.05, 3.63) is 29.6 Å². The van der Waals surface area contributed by atoms with Gasteiger partial charge in [0.1, 0.15) is 18.2 Å². The largest absolute Gasteiger partial charge is 0.492 e. The monoisotopic (exact) mass is 222 g/mol. The number of hydrogen-bond acceptors (Lipinski definition) is 2. The molecule has 0 amide bonds. The van der Waals surface area contributed by atoms with E-state index < -0.39 is 0 Å². The van der Waals surface area contributed by atoms with E-state index in [0.29, 0.717) is 17.9 Å². The molecule has 0 unspecified atom stereocenters. The molecule has 0 bridgehead atoms.